The third-order valence-corrected chi connectivity index (χ3v) is 3.84. The molecular weight excluding hydrogens is 332 g/mol. The highest BCUT2D eigenvalue weighted by Gasteiger charge is 2.11. The Kier molecular flexibility index (Phi) is 7.02. The molecule has 2 aromatic carbocycles. The summed E-state index contributed by atoms with van der Waals surface area (Å²) in [6.45, 7) is 2.47. The van der Waals surface area contributed by atoms with Crippen LogP contribution < -0.4 is 11.1 Å². The molecule has 0 heterocycles. The molecule has 1 amide bonds. The monoisotopic (exact) mass is 356 g/mol. The molecule has 4 N–H and O–H groups in total. The van der Waals surface area contributed by atoms with Crippen molar-refractivity contribution in [3.8, 4) is 5.75 Å². The van der Waals surface area contributed by atoms with Crippen molar-refractivity contribution in [2.24, 2.45) is 0 Å². The average molecular weight is 356 g/mol. The molecule has 0 bridgehead atoms. The summed E-state index contributed by atoms with van der Waals surface area (Å²) < 4.78 is 5.10. The molecule has 0 atom stereocenters. The molecule has 0 saturated heterocycles. The largest absolute Gasteiger partial charge is 0.506 e. The number of hydrogen-bond acceptors (Lipinski definition) is 5. The first-order chi connectivity index (χ1) is 12.5. The predicted octanol–water partition coefficient (Wildman–Crippen LogP) is 3.50. The van der Waals surface area contributed by atoms with E-state index in [1.807, 2.05) is 6.92 Å². The zero-order chi connectivity index (χ0) is 18.9. The van der Waals surface area contributed by atoms with Crippen molar-refractivity contribution in [2.45, 2.75) is 32.6 Å². The minimum atomic E-state index is -0.361. The van der Waals surface area contributed by atoms with Crippen molar-refractivity contribution in [1.29, 1.82) is 0 Å². The van der Waals surface area contributed by atoms with E-state index in [1.165, 1.54) is 6.07 Å². The van der Waals surface area contributed by atoms with Crippen molar-refractivity contribution in [2.75, 3.05) is 17.7 Å². The van der Waals surface area contributed by atoms with Crippen LogP contribution in [0.25, 0.3) is 0 Å². The third-order valence-electron chi connectivity index (χ3n) is 3.84. The van der Waals surface area contributed by atoms with Crippen LogP contribution in [0.5, 0.6) is 5.75 Å². The number of phenols is 1. The topological polar surface area (TPSA) is 102 Å². The number of unbranched alkanes of at least 4 members (excludes halogenated alkanes) is 1. The molecule has 0 radical (unpaired) electrons. The number of anilines is 2. The van der Waals surface area contributed by atoms with E-state index in [1.54, 1.807) is 36.4 Å². The zero-order valence-corrected chi connectivity index (χ0v) is 14.8. The van der Waals surface area contributed by atoms with E-state index in [2.05, 4.69) is 5.32 Å². The Labute approximate surface area is 153 Å². The van der Waals surface area contributed by atoms with Gasteiger partial charge in [0.1, 0.15) is 5.75 Å². The van der Waals surface area contributed by atoms with Crippen molar-refractivity contribution >= 4 is 23.3 Å². The van der Waals surface area contributed by atoms with Crippen LogP contribution in [0.4, 0.5) is 11.4 Å². The number of nitrogens with two attached hydrogens (primary N) is 1. The molecule has 2 aromatic rings. The lowest BCUT2D eigenvalue weighted by atomic mass is 10.1. The molecule has 0 aliphatic rings. The van der Waals surface area contributed by atoms with Gasteiger partial charge in [0.05, 0.1) is 12.3 Å². The summed E-state index contributed by atoms with van der Waals surface area (Å²) in [5, 5.41) is 12.8. The number of benzene rings is 2. The number of amides is 1. The minimum Gasteiger partial charge on any atom is -0.506 e. The number of aryl methyl sites for hydroxylation is 1. The summed E-state index contributed by atoms with van der Waals surface area (Å²) in [5.41, 5.74) is 7.65. The summed E-state index contributed by atoms with van der Waals surface area (Å²) in [4.78, 5) is 23.8. The van der Waals surface area contributed by atoms with Gasteiger partial charge in [0.15, 0.2) is 0 Å². The molecule has 0 fully saturated rings. The quantitative estimate of drug-likeness (QED) is 0.291. The van der Waals surface area contributed by atoms with E-state index in [9.17, 15) is 14.7 Å². The van der Waals surface area contributed by atoms with Crippen molar-refractivity contribution in [1.82, 2.24) is 0 Å². The fourth-order valence-electron chi connectivity index (χ4n) is 2.36. The smallest absolute Gasteiger partial charge is 0.306 e. The lowest BCUT2D eigenvalue weighted by Crippen LogP contribution is -2.12. The van der Waals surface area contributed by atoms with E-state index >= 15 is 0 Å². The Balaban J connectivity index is 1.92. The fourth-order valence-corrected chi connectivity index (χ4v) is 2.36. The zero-order valence-electron chi connectivity index (χ0n) is 14.8. The molecular formula is C20H24N2O4. The van der Waals surface area contributed by atoms with Gasteiger partial charge in [0, 0.05) is 17.7 Å². The average Bonchev–Trinajstić information content (AvgIpc) is 2.62. The second kappa shape index (κ2) is 9.46. The van der Waals surface area contributed by atoms with Crippen molar-refractivity contribution in [3.63, 3.8) is 0 Å². The molecule has 138 valence electrons. The SMILES string of the molecule is CCCCOC(=O)CCc1ccc(NC(=O)c2cccc(N)c2)c(O)c1. The fraction of sp³-hybridized carbons (Fsp3) is 0.300. The number of esters is 1. The molecule has 6 heteroatoms. The molecule has 2 rings (SSSR count). The molecule has 26 heavy (non-hydrogen) atoms. The van der Waals surface area contributed by atoms with E-state index < -0.39 is 0 Å². The number of rotatable bonds is 8. The Morgan fingerprint density at radius 2 is 2.00 bits per heavy atom. The molecule has 0 spiro atoms. The number of ether oxygens (including phenoxy) is 1. The van der Waals surface area contributed by atoms with Crippen molar-refractivity contribution < 1.29 is 19.4 Å². The van der Waals surface area contributed by atoms with Crippen LogP contribution >= 0.6 is 0 Å². The van der Waals surface area contributed by atoms with E-state index in [4.69, 9.17) is 10.5 Å². The van der Waals surface area contributed by atoms with Gasteiger partial charge in [-0.25, -0.2) is 0 Å². The number of phenolic OH excluding ortho intramolecular Hbond substituents is 1. The van der Waals surface area contributed by atoms with Gasteiger partial charge in [0.25, 0.3) is 5.91 Å². The number of nitrogens with one attached hydrogen (secondary N) is 1. The number of hydrogen-bond donors (Lipinski definition) is 3. The Morgan fingerprint density at radius 3 is 2.69 bits per heavy atom. The van der Waals surface area contributed by atoms with Gasteiger partial charge < -0.3 is 20.9 Å². The summed E-state index contributed by atoms with van der Waals surface area (Å²) in [5.74, 6) is -0.670. The number of aromatic hydroxyl groups is 1. The predicted molar refractivity (Wildman–Crippen MR) is 101 cm³/mol. The lowest BCUT2D eigenvalue weighted by Gasteiger charge is -2.10. The van der Waals surface area contributed by atoms with Gasteiger partial charge in [-0.3, -0.25) is 9.59 Å². The molecule has 6 nitrogen and oxygen atoms in total. The van der Waals surface area contributed by atoms with E-state index in [0.717, 1.165) is 18.4 Å². The molecule has 0 aliphatic carbocycles. The summed E-state index contributed by atoms with van der Waals surface area (Å²) >= 11 is 0. The maximum Gasteiger partial charge on any atom is 0.306 e. The first-order valence-electron chi connectivity index (χ1n) is 8.64. The normalized spacial score (nSPS) is 10.3. The number of carbonyl (C=O) groups is 2. The Hall–Kier alpha value is -3.02. The van der Waals surface area contributed by atoms with Crippen LogP contribution in [0.15, 0.2) is 42.5 Å². The molecule has 0 unspecified atom stereocenters. The van der Waals surface area contributed by atoms with Gasteiger partial charge in [-0.2, -0.15) is 0 Å². The second-order valence-electron chi connectivity index (χ2n) is 6.01. The summed E-state index contributed by atoms with van der Waals surface area (Å²) in [6.07, 6.45) is 2.54. The summed E-state index contributed by atoms with van der Waals surface area (Å²) in [7, 11) is 0. The van der Waals surface area contributed by atoms with Gasteiger partial charge in [-0.05, 0) is 48.7 Å². The standard InChI is InChI=1S/C20H24N2O4/c1-2-3-11-26-19(24)10-8-14-7-9-17(18(23)12-14)22-20(25)15-5-4-6-16(21)13-15/h4-7,9,12-13,23H,2-3,8,10-11,21H2,1H3,(H,22,25). The van der Waals surface area contributed by atoms with Crippen LogP contribution in [-0.2, 0) is 16.0 Å². The second-order valence-corrected chi connectivity index (χ2v) is 6.01. The highest BCUT2D eigenvalue weighted by atomic mass is 16.5. The van der Waals surface area contributed by atoms with Gasteiger partial charge >= 0.3 is 5.97 Å². The molecule has 0 aliphatic heterocycles. The van der Waals surface area contributed by atoms with Crippen LogP contribution in [-0.4, -0.2) is 23.6 Å². The Bertz CT molecular complexity index is 774. The first kappa shape index (κ1) is 19.3. The molecule has 0 aromatic heterocycles. The van der Waals surface area contributed by atoms with Crippen LogP contribution in [0, 0.1) is 0 Å². The van der Waals surface area contributed by atoms with Crippen LogP contribution in [0.2, 0.25) is 0 Å². The van der Waals surface area contributed by atoms with Crippen molar-refractivity contribution in [3.05, 3.63) is 53.6 Å². The maximum absolute atomic E-state index is 12.2. The van der Waals surface area contributed by atoms with Crippen LogP contribution in [0.3, 0.4) is 0 Å². The Morgan fingerprint density at radius 1 is 1.19 bits per heavy atom. The minimum absolute atomic E-state index is 0.0564. The lowest BCUT2D eigenvalue weighted by molar-refractivity contribution is -0.143. The van der Waals surface area contributed by atoms with E-state index in [0.29, 0.717) is 30.0 Å². The van der Waals surface area contributed by atoms with Gasteiger partial charge in [-0.15, -0.1) is 0 Å². The van der Waals surface area contributed by atoms with Gasteiger partial charge in [-0.1, -0.05) is 25.5 Å². The van der Waals surface area contributed by atoms with Gasteiger partial charge in [0.2, 0.25) is 0 Å². The highest BCUT2D eigenvalue weighted by Crippen LogP contribution is 2.25. The highest BCUT2D eigenvalue weighted by molar-refractivity contribution is 6.05. The molecule has 0 saturated carbocycles. The maximum atomic E-state index is 12.2. The van der Waals surface area contributed by atoms with E-state index in [-0.39, 0.29) is 24.0 Å². The van der Waals surface area contributed by atoms with Crippen LogP contribution in [0.1, 0.15) is 42.1 Å². The first-order valence-corrected chi connectivity index (χ1v) is 8.64. The third kappa shape index (κ3) is 5.81. The number of carbonyl (C=O) groups excluding carboxylic acids is 2. The number of nitrogen functional groups attached to an aromatic ring is 1. The summed E-state index contributed by atoms with van der Waals surface area (Å²) in [6, 6.07) is 11.5.